The normalized spacial score (nSPS) is 11.1. The van der Waals surface area contributed by atoms with Crippen molar-refractivity contribution in [1.29, 1.82) is 0 Å². The van der Waals surface area contributed by atoms with Crippen LogP contribution in [0.1, 0.15) is 11.1 Å². The summed E-state index contributed by atoms with van der Waals surface area (Å²) in [7, 11) is 0. The number of oxazole rings is 1. The van der Waals surface area contributed by atoms with Crippen LogP contribution in [0.4, 0.5) is 5.69 Å². The molecule has 19 heavy (non-hydrogen) atoms. The average Bonchev–Trinajstić information content (AvgIpc) is 2.72. The average molecular weight is 273 g/mol. The van der Waals surface area contributed by atoms with Gasteiger partial charge in [0.2, 0.25) is 5.89 Å². The molecule has 0 amide bonds. The van der Waals surface area contributed by atoms with Gasteiger partial charge < -0.3 is 10.2 Å². The highest BCUT2D eigenvalue weighted by atomic mass is 35.5. The van der Waals surface area contributed by atoms with E-state index in [1.54, 1.807) is 12.1 Å². The topological polar surface area (TPSA) is 52.0 Å². The van der Waals surface area contributed by atoms with E-state index in [4.69, 9.17) is 21.8 Å². The molecule has 2 N–H and O–H groups in total. The number of aryl methyl sites for hydroxylation is 2. The van der Waals surface area contributed by atoms with Gasteiger partial charge in [0.15, 0.2) is 5.58 Å². The zero-order valence-electron chi connectivity index (χ0n) is 10.7. The van der Waals surface area contributed by atoms with Crippen molar-refractivity contribution in [1.82, 2.24) is 4.98 Å². The van der Waals surface area contributed by atoms with E-state index in [0.29, 0.717) is 16.6 Å². The molecule has 0 saturated carbocycles. The molecule has 0 bridgehead atoms. The van der Waals surface area contributed by atoms with Crippen molar-refractivity contribution in [2.75, 3.05) is 5.73 Å². The van der Waals surface area contributed by atoms with Crippen molar-refractivity contribution in [2.45, 2.75) is 13.8 Å². The molecule has 96 valence electrons. The molecule has 0 aliphatic carbocycles. The molecular weight excluding hydrogens is 260 g/mol. The number of anilines is 1. The molecular formula is C15H13ClN2O. The lowest BCUT2D eigenvalue weighted by atomic mass is 10.1. The van der Waals surface area contributed by atoms with E-state index in [-0.39, 0.29) is 0 Å². The van der Waals surface area contributed by atoms with Gasteiger partial charge in [0.05, 0.1) is 5.56 Å². The highest BCUT2D eigenvalue weighted by molar-refractivity contribution is 6.31. The van der Waals surface area contributed by atoms with Crippen LogP contribution in [0.25, 0.3) is 22.6 Å². The smallest absolute Gasteiger partial charge is 0.229 e. The van der Waals surface area contributed by atoms with Gasteiger partial charge in [0, 0.05) is 10.7 Å². The van der Waals surface area contributed by atoms with Crippen LogP contribution < -0.4 is 5.73 Å². The van der Waals surface area contributed by atoms with Crippen LogP contribution in [-0.2, 0) is 0 Å². The standard InChI is InChI=1S/C15H13ClN2O/c1-8-5-9(2)14-13(6-8)18-15(19-14)11-4-3-10(16)7-12(11)17/h3-7H,17H2,1-2H3. The first-order valence-electron chi connectivity index (χ1n) is 5.98. The van der Waals surface area contributed by atoms with E-state index in [0.717, 1.165) is 27.8 Å². The summed E-state index contributed by atoms with van der Waals surface area (Å²) in [6.45, 7) is 4.05. The Morgan fingerprint density at radius 2 is 1.95 bits per heavy atom. The molecule has 0 aliphatic rings. The summed E-state index contributed by atoms with van der Waals surface area (Å²) in [6.07, 6.45) is 0. The van der Waals surface area contributed by atoms with E-state index in [2.05, 4.69) is 11.1 Å². The lowest BCUT2D eigenvalue weighted by molar-refractivity contribution is 0.617. The van der Waals surface area contributed by atoms with Crippen molar-refractivity contribution in [3.8, 4) is 11.5 Å². The summed E-state index contributed by atoms with van der Waals surface area (Å²) in [6, 6.07) is 9.37. The molecule has 0 fully saturated rings. The Bertz CT molecular complexity index is 777. The second-order valence-electron chi connectivity index (χ2n) is 4.68. The Kier molecular flexibility index (Phi) is 2.72. The van der Waals surface area contributed by atoms with Crippen molar-refractivity contribution < 1.29 is 4.42 Å². The molecule has 0 aliphatic heterocycles. The third-order valence-electron chi connectivity index (χ3n) is 3.06. The van der Waals surface area contributed by atoms with Crippen LogP contribution >= 0.6 is 11.6 Å². The number of aromatic nitrogens is 1. The molecule has 3 nitrogen and oxygen atoms in total. The van der Waals surface area contributed by atoms with Gasteiger partial charge in [-0.2, -0.15) is 0 Å². The third kappa shape index (κ3) is 2.06. The van der Waals surface area contributed by atoms with E-state index < -0.39 is 0 Å². The van der Waals surface area contributed by atoms with Gasteiger partial charge in [-0.05, 0) is 49.2 Å². The Labute approximate surface area is 116 Å². The van der Waals surface area contributed by atoms with Crippen LogP contribution in [0.3, 0.4) is 0 Å². The second-order valence-corrected chi connectivity index (χ2v) is 5.12. The number of benzene rings is 2. The van der Waals surface area contributed by atoms with Crippen molar-refractivity contribution >= 4 is 28.4 Å². The fraction of sp³-hybridized carbons (Fsp3) is 0.133. The molecule has 0 saturated heterocycles. The van der Waals surface area contributed by atoms with Crippen LogP contribution in [-0.4, -0.2) is 4.98 Å². The zero-order chi connectivity index (χ0) is 13.6. The van der Waals surface area contributed by atoms with Crippen LogP contribution in [0.5, 0.6) is 0 Å². The highest BCUT2D eigenvalue weighted by Gasteiger charge is 2.13. The number of nitrogens with zero attached hydrogens (tertiary/aromatic N) is 1. The molecule has 0 radical (unpaired) electrons. The maximum Gasteiger partial charge on any atom is 0.229 e. The Morgan fingerprint density at radius 3 is 2.68 bits per heavy atom. The van der Waals surface area contributed by atoms with Crippen LogP contribution in [0.15, 0.2) is 34.7 Å². The molecule has 0 unspecified atom stereocenters. The molecule has 0 spiro atoms. The second kappa shape index (κ2) is 4.28. The quantitative estimate of drug-likeness (QED) is 0.670. The summed E-state index contributed by atoms with van der Waals surface area (Å²) in [5.74, 6) is 0.526. The van der Waals surface area contributed by atoms with Gasteiger partial charge in [-0.3, -0.25) is 0 Å². The van der Waals surface area contributed by atoms with Crippen molar-refractivity contribution in [2.24, 2.45) is 0 Å². The number of hydrogen-bond donors (Lipinski definition) is 1. The third-order valence-corrected chi connectivity index (χ3v) is 3.30. The first kappa shape index (κ1) is 12.1. The molecule has 1 heterocycles. The number of fused-ring (bicyclic) bond motifs is 1. The first-order chi connectivity index (χ1) is 9.04. The number of rotatable bonds is 1. The van der Waals surface area contributed by atoms with Gasteiger partial charge in [0.1, 0.15) is 5.52 Å². The summed E-state index contributed by atoms with van der Waals surface area (Å²) >= 11 is 5.90. The van der Waals surface area contributed by atoms with Gasteiger partial charge in [-0.25, -0.2) is 4.98 Å². The van der Waals surface area contributed by atoms with E-state index in [1.807, 2.05) is 26.0 Å². The molecule has 3 aromatic rings. The number of nitrogens with two attached hydrogens (primary N) is 1. The predicted molar refractivity (Wildman–Crippen MR) is 78.3 cm³/mol. The minimum atomic E-state index is 0.526. The highest BCUT2D eigenvalue weighted by Crippen LogP contribution is 2.31. The monoisotopic (exact) mass is 272 g/mol. The Morgan fingerprint density at radius 1 is 1.16 bits per heavy atom. The minimum absolute atomic E-state index is 0.526. The van der Waals surface area contributed by atoms with Gasteiger partial charge in [0.25, 0.3) is 0 Å². The van der Waals surface area contributed by atoms with E-state index >= 15 is 0 Å². The minimum Gasteiger partial charge on any atom is -0.436 e. The fourth-order valence-electron chi connectivity index (χ4n) is 2.22. The van der Waals surface area contributed by atoms with Crippen LogP contribution in [0.2, 0.25) is 5.02 Å². The van der Waals surface area contributed by atoms with E-state index in [9.17, 15) is 0 Å². The molecule has 4 heteroatoms. The number of hydrogen-bond acceptors (Lipinski definition) is 3. The lowest BCUT2D eigenvalue weighted by Gasteiger charge is -2.01. The van der Waals surface area contributed by atoms with Gasteiger partial charge >= 0.3 is 0 Å². The van der Waals surface area contributed by atoms with E-state index in [1.165, 1.54) is 0 Å². The molecule has 0 atom stereocenters. The SMILES string of the molecule is Cc1cc(C)c2oc(-c3ccc(Cl)cc3N)nc2c1. The predicted octanol–water partition coefficient (Wildman–Crippen LogP) is 4.35. The molecule has 2 aromatic carbocycles. The first-order valence-corrected chi connectivity index (χ1v) is 6.35. The van der Waals surface area contributed by atoms with Gasteiger partial charge in [-0.1, -0.05) is 17.7 Å². The lowest BCUT2D eigenvalue weighted by Crippen LogP contribution is -1.89. The summed E-state index contributed by atoms with van der Waals surface area (Å²) < 4.78 is 5.83. The zero-order valence-corrected chi connectivity index (χ0v) is 11.5. The van der Waals surface area contributed by atoms with Crippen molar-refractivity contribution in [3.05, 3.63) is 46.5 Å². The molecule has 3 rings (SSSR count). The maximum atomic E-state index is 5.96. The summed E-state index contributed by atoms with van der Waals surface area (Å²) in [5, 5.41) is 0.601. The van der Waals surface area contributed by atoms with Crippen molar-refractivity contribution in [3.63, 3.8) is 0 Å². The largest absolute Gasteiger partial charge is 0.436 e. The van der Waals surface area contributed by atoms with Gasteiger partial charge in [-0.15, -0.1) is 0 Å². The summed E-state index contributed by atoms with van der Waals surface area (Å²) in [5.41, 5.74) is 11.2. The maximum absolute atomic E-state index is 5.96. The van der Waals surface area contributed by atoms with Crippen LogP contribution in [0, 0.1) is 13.8 Å². The molecule has 1 aromatic heterocycles. The number of nitrogen functional groups attached to an aromatic ring is 1. The Hall–Kier alpha value is -2.00. The Balaban J connectivity index is 2.23. The number of halogens is 1. The summed E-state index contributed by atoms with van der Waals surface area (Å²) in [4.78, 5) is 4.51. The fourth-order valence-corrected chi connectivity index (χ4v) is 2.40.